The van der Waals surface area contributed by atoms with Crippen molar-refractivity contribution in [1.82, 2.24) is 0 Å². The molecule has 0 spiro atoms. The van der Waals surface area contributed by atoms with Crippen molar-refractivity contribution in [2.45, 2.75) is 6.42 Å². The van der Waals surface area contributed by atoms with Crippen LogP contribution < -0.4 is 9.64 Å². The Morgan fingerprint density at radius 2 is 2.21 bits per heavy atom. The predicted molar refractivity (Wildman–Crippen MR) is 55.1 cm³/mol. The summed E-state index contributed by atoms with van der Waals surface area (Å²) < 4.78 is 5.48. The number of hydrogen-bond acceptors (Lipinski definition) is 2. The molecule has 0 N–H and O–H groups in total. The van der Waals surface area contributed by atoms with Crippen LogP contribution in [0.25, 0.3) is 0 Å². The average molecular weight is 212 g/mol. The minimum Gasteiger partial charge on any atom is -0.491 e. The molecule has 0 saturated heterocycles. The predicted octanol–water partition coefficient (Wildman–Crippen LogP) is 2.63. The highest BCUT2D eigenvalue weighted by molar-refractivity contribution is 6.66. The zero-order valence-electron chi connectivity index (χ0n) is 7.57. The van der Waals surface area contributed by atoms with Crippen LogP contribution in [0.1, 0.15) is 6.42 Å². The van der Waals surface area contributed by atoms with Crippen LogP contribution in [0.5, 0.6) is 5.75 Å². The number of fused-ring (bicyclic) bond motifs is 1. The summed E-state index contributed by atoms with van der Waals surface area (Å²) >= 11 is 5.49. The van der Waals surface area contributed by atoms with Gasteiger partial charge in [0.2, 0.25) is 0 Å². The molecule has 0 radical (unpaired) electrons. The molecule has 1 amide bonds. The molecule has 0 bridgehead atoms. The van der Waals surface area contributed by atoms with Crippen molar-refractivity contribution >= 4 is 22.7 Å². The fraction of sp³-hybridized carbons (Fsp3) is 0.300. The van der Waals surface area contributed by atoms with Crippen molar-refractivity contribution in [3.8, 4) is 5.75 Å². The number of benzene rings is 1. The van der Waals surface area contributed by atoms with E-state index in [0.29, 0.717) is 13.2 Å². The Morgan fingerprint density at radius 1 is 1.43 bits per heavy atom. The number of halogens is 1. The van der Waals surface area contributed by atoms with Crippen LogP contribution >= 0.6 is 11.6 Å². The summed E-state index contributed by atoms with van der Waals surface area (Å²) in [5, 5.41) is -0.456. The van der Waals surface area contributed by atoms with Gasteiger partial charge in [0, 0.05) is 6.54 Å². The molecule has 0 unspecified atom stereocenters. The second kappa shape index (κ2) is 3.88. The molecule has 74 valence electrons. The molecular formula is C10H10ClNO2. The molecule has 4 heteroatoms. The normalized spacial score (nSPS) is 15.4. The lowest BCUT2D eigenvalue weighted by molar-refractivity contribution is 0.264. The van der Waals surface area contributed by atoms with E-state index in [1.165, 1.54) is 4.90 Å². The number of carbonyl (C=O) groups is 1. The van der Waals surface area contributed by atoms with Crippen LogP contribution in [0.2, 0.25) is 0 Å². The molecule has 1 aliphatic rings. The first-order chi connectivity index (χ1) is 6.79. The second-order valence-corrected chi connectivity index (χ2v) is 3.40. The fourth-order valence-electron chi connectivity index (χ4n) is 1.51. The van der Waals surface area contributed by atoms with Crippen LogP contribution in [0.15, 0.2) is 24.3 Å². The largest absolute Gasteiger partial charge is 0.491 e. The highest BCUT2D eigenvalue weighted by atomic mass is 35.5. The summed E-state index contributed by atoms with van der Waals surface area (Å²) in [5.74, 6) is 0.721. The maximum absolute atomic E-state index is 11.2. The molecule has 0 saturated carbocycles. The van der Waals surface area contributed by atoms with E-state index >= 15 is 0 Å². The maximum atomic E-state index is 11.2. The average Bonchev–Trinajstić information content (AvgIpc) is 2.39. The quantitative estimate of drug-likeness (QED) is 0.488. The molecule has 0 atom stereocenters. The Hall–Kier alpha value is -1.22. The summed E-state index contributed by atoms with van der Waals surface area (Å²) in [6.07, 6.45) is 0.799. The minimum atomic E-state index is -0.456. The summed E-state index contributed by atoms with van der Waals surface area (Å²) in [7, 11) is 0. The summed E-state index contributed by atoms with van der Waals surface area (Å²) in [6, 6.07) is 7.41. The third-order valence-electron chi connectivity index (χ3n) is 2.15. The van der Waals surface area contributed by atoms with Crippen LogP contribution in [0.4, 0.5) is 10.5 Å². The van der Waals surface area contributed by atoms with E-state index in [0.717, 1.165) is 17.9 Å². The number of carbonyl (C=O) groups excluding carboxylic acids is 1. The third-order valence-corrected chi connectivity index (χ3v) is 2.36. The topological polar surface area (TPSA) is 29.5 Å². The second-order valence-electron chi connectivity index (χ2n) is 3.07. The lowest BCUT2D eigenvalue weighted by atomic mass is 10.2. The molecule has 1 aromatic carbocycles. The van der Waals surface area contributed by atoms with Gasteiger partial charge >= 0.3 is 5.37 Å². The van der Waals surface area contributed by atoms with Crippen LogP contribution in [-0.4, -0.2) is 18.5 Å². The van der Waals surface area contributed by atoms with Gasteiger partial charge in [0.15, 0.2) is 0 Å². The first kappa shape index (κ1) is 9.34. The van der Waals surface area contributed by atoms with E-state index in [1.807, 2.05) is 24.3 Å². The van der Waals surface area contributed by atoms with E-state index in [1.54, 1.807) is 0 Å². The molecule has 1 aliphatic heterocycles. The Kier molecular flexibility index (Phi) is 2.59. The Bertz CT molecular complexity index is 354. The summed E-state index contributed by atoms with van der Waals surface area (Å²) in [6.45, 7) is 1.23. The number of nitrogens with zero attached hydrogens (tertiary/aromatic N) is 1. The van der Waals surface area contributed by atoms with Gasteiger partial charge in [-0.2, -0.15) is 0 Å². The Labute approximate surface area is 87.2 Å². The van der Waals surface area contributed by atoms with Gasteiger partial charge in [-0.05, 0) is 30.2 Å². The summed E-state index contributed by atoms with van der Waals surface area (Å²) in [5.41, 5.74) is 0.755. The van der Waals surface area contributed by atoms with E-state index in [9.17, 15) is 4.79 Å². The molecule has 3 nitrogen and oxygen atoms in total. The standard InChI is InChI=1S/C10H10ClNO2/c11-10(13)12-6-3-7-14-9-5-2-1-4-8(9)12/h1-2,4-5H,3,6-7H2. The molecule has 2 rings (SSSR count). The molecule has 0 aliphatic carbocycles. The first-order valence-corrected chi connectivity index (χ1v) is 4.85. The molecule has 0 fully saturated rings. The van der Waals surface area contributed by atoms with E-state index in [-0.39, 0.29) is 0 Å². The van der Waals surface area contributed by atoms with Gasteiger partial charge in [-0.15, -0.1) is 0 Å². The zero-order chi connectivity index (χ0) is 9.97. The van der Waals surface area contributed by atoms with E-state index < -0.39 is 5.37 Å². The van der Waals surface area contributed by atoms with Gasteiger partial charge in [0.25, 0.3) is 0 Å². The highest BCUT2D eigenvalue weighted by Crippen LogP contribution is 2.31. The lowest BCUT2D eigenvalue weighted by Crippen LogP contribution is -2.26. The third kappa shape index (κ3) is 1.68. The van der Waals surface area contributed by atoms with Crippen molar-refractivity contribution in [3.05, 3.63) is 24.3 Å². The van der Waals surface area contributed by atoms with E-state index in [2.05, 4.69) is 0 Å². The van der Waals surface area contributed by atoms with Crippen molar-refractivity contribution in [2.24, 2.45) is 0 Å². The van der Waals surface area contributed by atoms with E-state index in [4.69, 9.17) is 16.3 Å². The SMILES string of the molecule is O=C(Cl)N1CCCOc2ccccc21. The van der Waals surface area contributed by atoms with Crippen LogP contribution in [-0.2, 0) is 0 Å². The highest BCUT2D eigenvalue weighted by Gasteiger charge is 2.19. The van der Waals surface area contributed by atoms with Gasteiger partial charge < -0.3 is 4.74 Å². The first-order valence-electron chi connectivity index (χ1n) is 4.48. The monoisotopic (exact) mass is 211 g/mol. The van der Waals surface area contributed by atoms with Crippen molar-refractivity contribution < 1.29 is 9.53 Å². The van der Waals surface area contributed by atoms with Gasteiger partial charge in [-0.1, -0.05) is 12.1 Å². The van der Waals surface area contributed by atoms with Crippen molar-refractivity contribution in [1.29, 1.82) is 0 Å². The molecular weight excluding hydrogens is 202 g/mol. The molecule has 14 heavy (non-hydrogen) atoms. The Balaban J connectivity index is 2.42. The minimum absolute atomic E-state index is 0.456. The number of rotatable bonds is 0. The fourth-order valence-corrected chi connectivity index (χ4v) is 1.69. The number of para-hydroxylation sites is 2. The zero-order valence-corrected chi connectivity index (χ0v) is 8.33. The van der Waals surface area contributed by atoms with Gasteiger partial charge in [-0.25, -0.2) is 0 Å². The molecule has 1 aromatic rings. The van der Waals surface area contributed by atoms with Crippen LogP contribution in [0, 0.1) is 0 Å². The van der Waals surface area contributed by atoms with Gasteiger partial charge in [-0.3, -0.25) is 9.69 Å². The lowest BCUT2D eigenvalue weighted by Gasteiger charge is -2.17. The number of ether oxygens (including phenoxy) is 1. The van der Waals surface area contributed by atoms with Crippen molar-refractivity contribution in [2.75, 3.05) is 18.1 Å². The number of amides is 1. The molecule has 0 aromatic heterocycles. The summed E-state index contributed by atoms with van der Waals surface area (Å²) in [4.78, 5) is 12.7. The van der Waals surface area contributed by atoms with Crippen molar-refractivity contribution in [3.63, 3.8) is 0 Å². The smallest absolute Gasteiger partial charge is 0.320 e. The van der Waals surface area contributed by atoms with Gasteiger partial charge in [0.1, 0.15) is 5.75 Å². The van der Waals surface area contributed by atoms with Gasteiger partial charge in [0.05, 0.1) is 12.3 Å². The molecule has 1 heterocycles. The maximum Gasteiger partial charge on any atom is 0.320 e. The number of anilines is 1. The van der Waals surface area contributed by atoms with Crippen LogP contribution in [0.3, 0.4) is 0 Å². The Morgan fingerprint density at radius 3 is 3.00 bits per heavy atom. The number of hydrogen-bond donors (Lipinski definition) is 0.